The average Bonchev–Trinajstić information content (AvgIpc) is 2.84. The van der Waals surface area contributed by atoms with Crippen molar-refractivity contribution in [1.82, 2.24) is 10.2 Å². The molecule has 23 heavy (non-hydrogen) atoms. The van der Waals surface area contributed by atoms with Crippen LogP contribution in [0.4, 0.5) is 0 Å². The molecule has 124 valence electrons. The molecule has 2 aliphatic heterocycles. The number of benzene rings is 1. The topological polar surface area (TPSA) is 67.9 Å². The number of piperazine rings is 1. The number of rotatable bonds is 2. The SMILES string of the molecule is CC(C)(C)OC(=O)C1CNCC2C(=O)OC(c3ccccc3)N21. The van der Waals surface area contributed by atoms with Crippen LogP contribution in [-0.4, -0.2) is 47.6 Å². The van der Waals surface area contributed by atoms with E-state index in [1.54, 1.807) is 0 Å². The molecule has 0 spiro atoms. The minimum atomic E-state index is -0.573. The Morgan fingerprint density at radius 3 is 2.61 bits per heavy atom. The monoisotopic (exact) mass is 318 g/mol. The molecule has 0 saturated carbocycles. The largest absolute Gasteiger partial charge is 0.459 e. The summed E-state index contributed by atoms with van der Waals surface area (Å²) in [6.45, 7) is 6.41. The number of cyclic esters (lactones) is 1. The van der Waals surface area contributed by atoms with Crippen LogP contribution in [0.5, 0.6) is 0 Å². The third-order valence-corrected chi connectivity index (χ3v) is 3.93. The Balaban J connectivity index is 1.89. The molecule has 1 aromatic rings. The molecule has 3 atom stereocenters. The maximum Gasteiger partial charge on any atom is 0.326 e. The number of hydrogen-bond acceptors (Lipinski definition) is 6. The molecule has 2 saturated heterocycles. The average molecular weight is 318 g/mol. The van der Waals surface area contributed by atoms with E-state index >= 15 is 0 Å². The third kappa shape index (κ3) is 3.23. The fourth-order valence-electron chi connectivity index (χ4n) is 3.00. The molecule has 0 bridgehead atoms. The van der Waals surface area contributed by atoms with Gasteiger partial charge >= 0.3 is 11.9 Å². The van der Waals surface area contributed by atoms with Crippen LogP contribution in [0.2, 0.25) is 0 Å². The van der Waals surface area contributed by atoms with Crippen molar-refractivity contribution in [1.29, 1.82) is 0 Å². The Hall–Kier alpha value is -1.92. The highest BCUT2D eigenvalue weighted by molar-refractivity contribution is 5.83. The van der Waals surface area contributed by atoms with Crippen LogP contribution in [0.15, 0.2) is 30.3 Å². The molecule has 2 heterocycles. The van der Waals surface area contributed by atoms with E-state index < -0.39 is 23.9 Å². The first-order chi connectivity index (χ1) is 10.9. The summed E-state index contributed by atoms with van der Waals surface area (Å²) in [7, 11) is 0. The van der Waals surface area contributed by atoms with Gasteiger partial charge in [0.25, 0.3) is 0 Å². The van der Waals surface area contributed by atoms with Crippen molar-refractivity contribution < 1.29 is 19.1 Å². The van der Waals surface area contributed by atoms with Gasteiger partial charge in [-0.25, -0.2) is 4.90 Å². The number of ether oxygens (including phenoxy) is 2. The highest BCUT2D eigenvalue weighted by Crippen LogP contribution is 2.35. The van der Waals surface area contributed by atoms with Crippen molar-refractivity contribution in [2.75, 3.05) is 13.1 Å². The first-order valence-electron chi connectivity index (χ1n) is 7.83. The van der Waals surface area contributed by atoms with Crippen LogP contribution in [0.1, 0.15) is 32.6 Å². The van der Waals surface area contributed by atoms with Gasteiger partial charge in [-0.05, 0) is 20.8 Å². The van der Waals surface area contributed by atoms with Crippen LogP contribution >= 0.6 is 0 Å². The van der Waals surface area contributed by atoms with E-state index in [1.165, 1.54) is 0 Å². The Kier molecular flexibility index (Phi) is 4.12. The summed E-state index contributed by atoms with van der Waals surface area (Å²) in [5.41, 5.74) is 0.287. The zero-order chi connectivity index (χ0) is 16.6. The summed E-state index contributed by atoms with van der Waals surface area (Å²) < 4.78 is 11.1. The summed E-state index contributed by atoms with van der Waals surface area (Å²) >= 11 is 0. The maximum atomic E-state index is 12.6. The second kappa shape index (κ2) is 5.94. The molecular weight excluding hydrogens is 296 g/mol. The van der Waals surface area contributed by atoms with E-state index in [9.17, 15) is 9.59 Å². The number of fused-ring (bicyclic) bond motifs is 1. The quantitative estimate of drug-likeness (QED) is 0.827. The summed E-state index contributed by atoms with van der Waals surface area (Å²) in [6.07, 6.45) is -0.548. The predicted molar refractivity (Wildman–Crippen MR) is 83.4 cm³/mol. The second-order valence-electron chi connectivity index (χ2n) is 6.87. The van der Waals surface area contributed by atoms with Gasteiger partial charge in [-0.3, -0.25) is 9.59 Å². The van der Waals surface area contributed by atoms with Gasteiger partial charge in [0, 0.05) is 18.7 Å². The molecule has 0 aliphatic carbocycles. The van der Waals surface area contributed by atoms with Crippen molar-refractivity contribution in [3.63, 3.8) is 0 Å². The van der Waals surface area contributed by atoms with Gasteiger partial charge in [0.15, 0.2) is 6.23 Å². The number of nitrogens with zero attached hydrogens (tertiary/aromatic N) is 1. The second-order valence-corrected chi connectivity index (χ2v) is 6.87. The van der Waals surface area contributed by atoms with Gasteiger partial charge in [-0.2, -0.15) is 0 Å². The van der Waals surface area contributed by atoms with E-state index in [2.05, 4.69) is 5.32 Å². The van der Waals surface area contributed by atoms with Crippen molar-refractivity contribution in [3.8, 4) is 0 Å². The van der Waals surface area contributed by atoms with E-state index in [0.29, 0.717) is 13.1 Å². The fraction of sp³-hybridized carbons (Fsp3) is 0.529. The Morgan fingerprint density at radius 2 is 1.96 bits per heavy atom. The normalized spacial score (nSPS) is 28.1. The zero-order valence-electron chi connectivity index (χ0n) is 13.6. The van der Waals surface area contributed by atoms with E-state index in [-0.39, 0.29) is 11.9 Å². The number of esters is 2. The van der Waals surface area contributed by atoms with E-state index in [1.807, 2.05) is 56.0 Å². The van der Waals surface area contributed by atoms with Gasteiger partial charge in [-0.1, -0.05) is 30.3 Å². The molecule has 6 nitrogen and oxygen atoms in total. The maximum absolute atomic E-state index is 12.6. The van der Waals surface area contributed by atoms with Crippen LogP contribution in [-0.2, 0) is 19.1 Å². The lowest BCUT2D eigenvalue weighted by molar-refractivity contribution is -0.166. The van der Waals surface area contributed by atoms with Crippen molar-refractivity contribution >= 4 is 11.9 Å². The smallest absolute Gasteiger partial charge is 0.326 e. The molecule has 3 rings (SSSR count). The minimum absolute atomic E-state index is 0.306. The van der Waals surface area contributed by atoms with Gasteiger partial charge in [0.2, 0.25) is 0 Å². The summed E-state index contributed by atoms with van der Waals surface area (Å²) in [5.74, 6) is -0.645. The first kappa shape index (κ1) is 16.0. The van der Waals surface area contributed by atoms with E-state index in [0.717, 1.165) is 5.56 Å². The number of nitrogens with one attached hydrogen (secondary N) is 1. The van der Waals surface area contributed by atoms with Gasteiger partial charge in [0.1, 0.15) is 17.7 Å². The molecular formula is C17H22N2O4. The summed E-state index contributed by atoms with van der Waals surface area (Å²) in [4.78, 5) is 26.6. The zero-order valence-corrected chi connectivity index (χ0v) is 13.6. The lowest BCUT2D eigenvalue weighted by Crippen LogP contribution is -2.60. The van der Waals surface area contributed by atoms with Gasteiger partial charge in [0.05, 0.1) is 0 Å². The molecule has 3 unspecified atom stereocenters. The Bertz CT molecular complexity index is 596. The minimum Gasteiger partial charge on any atom is -0.459 e. The molecule has 6 heteroatoms. The van der Waals surface area contributed by atoms with Gasteiger partial charge in [-0.15, -0.1) is 0 Å². The van der Waals surface area contributed by atoms with Crippen LogP contribution < -0.4 is 5.32 Å². The highest BCUT2D eigenvalue weighted by atomic mass is 16.6. The van der Waals surface area contributed by atoms with Crippen LogP contribution in [0.3, 0.4) is 0 Å². The molecule has 0 amide bonds. The molecule has 1 N–H and O–H groups in total. The summed E-state index contributed by atoms with van der Waals surface area (Å²) in [5, 5.41) is 3.13. The van der Waals surface area contributed by atoms with Crippen LogP contribution in [0, 0.1) is 0 Å². The van der Waals surface area contributed by atoms with Gasteiger partial charge < -0.3 is 14.8 Å². The lowest BCUT2D eigenvalue weighted by atomic mass is 10.1. The highest BCUT2D eigenvalue weighted by Gasteiger charge is 2.51. The molecule has 0 aromatic heterocycles. The number of hydrogen-bond donors (Lipinski definition) is 1. The van der Waals surface area contributed by atoms with E-state index in [4.69, 9.17) is 9.47 Å². The van der Waals surface area contributed by atoms with Crippen molar-refractivity contribution in [2.45, 2.75) is 44.7 Å². The molecule has 2 aliphatic rings. The predicted octanol–water partition coefficient (Wildman–Crippen LogP) is 1.23. The molecule has 2 fully saturated rings. The Morgan fingerprint density at radius 1 is 1.26 bits per heavy atom. The molecule has 1 aromatic carbocycles. The molecule has 0 radical (unpaired) electrons. The first-order valence-corrected chi connectivity index (χ1v) is 7.83. The number of carbonyl (C=O) groups is 2. The van der Waals surface area contributed by atoms with Crippen molar-refractivity contribution in [3.05, 3.63) is 35.9 Å². The number of carbonyl (C=O) groups excluding carboxylic acids is 2. The van der Waals surface area contributed by atoms with Crippen molar-refractivity contribution in [2.24, 2.45) is 0 Å². The Labute approximate surface area is 135 Å². The summed E-state index contributed by atoms with van der Waals surface area (Å²) in [6, 6.07) is 8.46. The van der Waals surface area contributed by atoms with Crippen LogP contribution in [0.25, 0.3) is 0 Å². The third-order valence-electron chi connectivity index (χ3n) is 3.93. The lowest BCUT2D eigenvalue weighted by Gasteiger charge is -2.37. The fourth-order valence-corrected chi connectivity index (χ4v) is 3.00. The standard InChI is InChI=1S/C17H22N2O4/c1-17(2,3)23-16(21)13-10-18-9-12-15(20)22-14(19(12)13)11-7-5-4-6-8-11/h4-8,12-14,18H,9-10H2,1-3H3.